The van der Waals surface area contributed by atoms with E-state index >= 15 is 0 Å². The number of benzene rings is 3. The van der Waals surface area contributed by atoms with Gasteiger partial charge in [-0.05, 0) is 64.6 Å². The number of aliphatic hydroxyl groups excluding tert-OH is 1. The van der Waals surface area contributed by atoms with Crippen molar-refractivity contribution in [2.45, 2.75) is 70.1 Å². The Bertz CT molecular complexity index is 1100. The van der Waals surface area contributed by atoms with Gasteiger partial charge in [0.05, 0.1) is 12.2 Å². The van der Waals surface area contributed by atoms with Gasteiger partial charge >= 0.3 is 0 Å². The van der Waals surface area contributed by atoms with Crippen molar-refractivity contribution in [2.24, 2.45) is 11.8 Å². The summed E-state index contributed by atoms with van der Waals surface area (Å²) in [7, 11) is -2.50. The Balaban J connectivity index is 1.32. The fraction of sp³-hybridized carbons (Fsp3) is 0.455. The Morgan fingerprint density at radius 2 is 1.32 bits per heavy atom. The van der Waals surface area contributed by atoms with Crippen molar-refractivity contribution < 1.29 is 14.3 Å². The minimum atomic E-state index is -2.50. The molecule has 5 rings (SSSR count). The first-order valence-electron chi connectivity index (χ1n) is 14.0. The number of ether oxygens (including phenoxy) is 1. The highest BCUT2D eigenvalue weighted by molar-refractivity contribution is 6.99. The molecular formula is C33H42O3Si. The molecule has 4 heteroatoms. The van der Waals surface area contributed by atoms with Gasteiger partial charge in [0.1, 0.15) is 0 Å². The van der Waals surface area contributed by atoms with Crippen molar-refractivity contribution in [3.63, 3.8) is 0 Å². The van der Waals surface area contributed by atoms with Crippen LogP contribution in [0.5, 0.6) is 0 Å². The molecule has 1 N–H and O–H groups in total. The van der Waals surface area contributed by atoms with Crippen LogP contribution >= 0.6 is 0 Å². The van der Waals surface area contributed by atoms with Crippen molar-refractivity contribution in [3.8, 4) is 0 Å². The average Bonchev–Trinajstić information content (AvgIpc) is 3.52. The standard InChI is InChI=1S/C33H42O3Si/c1-33(2,3)37(27-16-6-4-7-17-27,28-18-8-5-9-19-28)35-22-12-15-25-13-10-11-14-26(25)23-29-30(24-34)32-21-20-31(29)36-32/h4-11,13-14,16-19,29-32,34H,12,15,20-24H2,1-3H3/t29-,30+,31+,32-/m1/s1. The fourth-order valence-corrected chi connectivity index (χ4v) is 11.5. The van der Waals surface area contributed by atoms with E-state index in [1.54, 1.807) is 0 Å². The lowest BCUT2D eigenvalue weighted by Gasteiger charge is -2.43. The molecule has 2 heterocycles. The highest BCUT2D eigenvalue weighted by Gasteiger charge is 2.50. The number of hydrogen-bond acceptors (Lipinski definition) is 3. The van der Waals surface area contributed by atoms with Crippen LogP contribution in [0.2, 0.25) is 5.04 Å². The van der Waals surface area contributed by atoms with Crippen LogP contribution in [0.15, 0.2) is 84.9 Å². The van der Waals surface area contributed by atoms with Crippen LogP contribution in [0.4, 0.5) is 0 Å². The normalized spacial score (nSPS) is 23.5. The first-order valence-corrected chi connectivity index (χ1v) is 15.9. The summed E-state index contributed by atoms with van der Waals surface area (Å²) in [6.07, 6.45) is 5.80. The second-order valence-electron chi connectivity index (χ2n) is 11.9. The molecule has 0 radical (unpaired) electrons. The van der Waals surface area contributed by atoms with Crippen LogP contribution in [0, 0.1) is 11.8 Å². The molecule has 3 aromatic rings. The highest BCUT2D eigenvalue weighted by Crippen LogP contribution is 2.45. The SMILES string of the molecule is CC(C)(C)[Si](OCCCc1ccccc1C[C@@H]1[C@H](CO)[C@H]2CC[C@@H]1O2)(c1ccccc1)c1ccccc1. The summed E-state index contributed by atoms with van der Waals surface area (Å²) in [5.74, 6) is 0.712. The second kappa shape index (κ2) is 11.2. The van der Waals surface area contributed by atoms with Gasteiger partial charge in [-0.15, -0.1) is 0 Å². The highest BCUT2D eigenvalue weighted by atomic mass is 28.4. The van der Waals surface area contributed by atoms with E-state index in [0.29, 0.717) is 12.0 Å². The van der Waals surface area contributed by atoms with E-state index in [1.165, 1.54) is 21.5 Å². The second-order valence-corrected chi connectivity index (χ2v) is 16.2. The van der Waals surface area contributed by atoms with E-state index in [1.807, 2.05) is 0 Å². The maximum Gasteiger partial charge on any atom is 0.261 e. The quantitative estimate of drug-likeness (QED) is 0.286. The summed E-state index contributed by atoms with van der Waals surface area (Å²) in [5.41, 5.74) is 2.82. The van der Waals surface area contributed by atoms with Gasteiger partial charge in [-0.1, -0.05) is 106 Å². The molecule has 0 unspecified atom stereocenters. The molecule has 0 saturated carbocycles. The number of hydrogen-bond donors (Lipinski definition) is 1. The monoisotopic (exact) mass is 514 g/mol. The van der Waals surface area contributed by atoms with Gasteiger partial charge in [-0.3, -0.25) is 0 Å². The minimum absolute atomic E-state index is 0.00525. The first-order chi connectivity index (χ1) is 17.9. The molecule has 3 nitrogen and oxygen atoms in total. The van der Waals surface area contributed by atoms with Gasteiger partial charge in [0.25, 0.3) is 8.32 Å². The zero-order chi connectivity index (χ0) is 25.9. The predicted octanol–water partition coefficient (Wildman–Crippen LogP) is 5.52. The van der Waals surface area contributed by atoms with E-state index in [2.05, 4.69) is 106 Å². The van der Waals surface area contributed by atoms with Gasteiger partial charge in [0, 0.05) is 19.1 Å². The molecule has 37 heavy (non-hydrogen) atoms. The zero-order valence-corrected chi connectivity index (χ0v) is 23.6. The molecule has 0 aromatic heterocycles. The van der Waals surface area contributed by atoms with E-state index < -0.39 is 8.32 Å². The molecule has 2 fully saturated rings. The molecule has 0 spiro atoms. The van der Waals surface area contributed by atoms with Gasteiger partial charge in [0.2, 0.25) is 0 Å². The third-order valence-corrected chi connectivity index (χ3v) is 13.7. The number of aliphatic hydroxyl groups is 1. The largest absolute Gasteiger partial charge is 0.407 e. The van der Waals surface area contributed by atoms with Gasteiger partial charge in [-0.25, -0.2) is 0 Å². The summed E-state index contributed by atoms with van der Waals surface area (Å²) in [4.78, 5) is 0. The van der Waals surface area contributed by atoms with Crippen molar-refractivity contribution in [2.75, 3.05) is 13.2 Å². The lowest BCUT2D eigenvalue weighted by Crippen LogP contribution is -2.66. The summed E-state index contributed by atoms with van der Waals surface area (Å²) < 4.78 is 13.3. The minimum Gasteiger partial charge on any atom is -0.407 e. The Hall–Kier alpha value is -2.24. The van der Waals surface area contributed by atoms with Gasteiger partial charge in [0.15, 0.2) is 0 Å². The van der Waals surface area contributed by atoms with E-state index in [4.69, 9.17) is 9.16 Å². The lowest BCUT2D eigenvalue weighted by atomic mass is 9.76. The average molecular weight is 515 g/mol. The van der Waals surface area contributed by atoms with Crippen LogP contribution in [0.3, 0.4) is 0 Å². The molecule has 0 amide bonds. The van der Waals surface area contributed by atoms with Crippen molar-refractivity contribution in [1.82, 2.24) is 0 Å². The van der Waals surface area contributed by atoms with Gasteiger partial charge < -0.3 is 14.3 Å². The van der Waals surface area contributed by atoms with Crippen molar-refractivity contribution in [1.29, 1.82) is 0 Å². The molecule has 0 aliphatic carbocycles. The van der Waals surface area contributed by atoms with Crippen LogP contribution in [-0.4, -0.2) is 38.8 Å². The summed E-state index contributed by atoms with van der Waals surface area (Å²) in [6, 6.07) is 30.7. The lowest BCUT2D eigenvalue weighted by molar-refractivity contribution is 0.0786. The zero-order valence-electron chi connectivity index (χ0n) is 22.6. The number of rotatable bonds is 10. The molecule has 2 aliphatic heterocycles. The molecule has 2 bridgehead atoms. The fourth-order valence-electron chi connectivity index (χ4n) is 6.91. The van der Waals surface area contributed by atoms with Crippen LogP contribution in [0.1, 0.15) is 51.2 Å². The summed E-state index contributed by atoms with van der Waals surface area (Å²) in [5, 5.41) is 12.7. The smallest absolute Gasteiger partial charge is 0.261 e. The van der Waals surface area contributed by atoms with Crippen LogP contribution in [-0.2, 0) is 22.0 Å². The molecule has 2 aliphatic rings. The molecule has 2 saturated heterocycles. The number of fused-ring (bicyclic) bond motifs is 2. The Kier molecular flexibility index (Phi) is 8.01. The molecular weight excluding hydrogens is 472 g/mol. The summed E-state index contributed by atoms with van der Waals surface area (Å²) >= 11 is 0. The molecule has 3 aromatic carbocycles. The maximum absolute atomic E-state index is 10.0. The Morgan fingerprint density at radius 1 is 0.784 bits per heavy atom. The van der Waals surface area contributed by atoms with E-state index in [-0.39, 0.29) is 23.7 Å². The number of aryl methyl sites for hydroxylation is 1. The van der Waals surface area contributed by atoms with Crippen molar-refractivity contribution in [3.05, 3.63) is 96.1 Å². The molecule has 196 valence electrons. The van der Waals surface area contributed by atoms with Crippen molar-refractivity contribution >= 4 is 18.7 Å². The predicted molar refractivity (Wildman–Crippen MR) is 154 cm³/mol. The third-order valence-electron chi connectivity index (χ3n) is 8.70. The maximum atomic E-state index is 10.0. The third kappa shape index (κ3) is 5.22. The molecule has 4 atom stereocenters. The van der Waals surface area contributed by atoms with E-state index in [0.717, 1.165) is 38.7 Å². The van der Waals surface area contributed by atoms with E-state index in [9.17, 15) is 5.11 Å². The van der Waals surface area contributed by atoms with Crippen LogP contribution in [0.25, 0.3) is 0 Å². The van der Waals surface area contributed by atoms with Gasteiger partial charge in [-0.2, -0.15) is 0 Å². The first kappa shape index (κ1) is 26.4. The topological polar surface area (TPSA) is 38.7 Å². The Morgan fingerprint density at radius 3 is 1.89 bits per heavy atom. The Labute approximate surface area is 224 Å². The summed E-state index contributed by atoms with van der Waals surface area (Å²) in [6.45, 7) is 7.98. The van der Waals surface area contributed by atoms with Crippen LogP contribution < -0.4 is 10.4 Å².